The Morgan fingerprint density at radius 3 is 2.57 bits per heavy atom. The number of thiocarbonyl (C=S) groups is 1. The van der Waals surface area contributed by atoms with Crippen molar-refractivity contribution in [2.24, 2.45) is 0 Å². The second-order valence-corrected chi connectivity index (χ2v) is 8.63. The average molecular weight is 418 g/mol. The molecule has 0 bridgehead atoms. The van der Waals surface area contributed by atoms with Gasteiger partial charge in [0.2, 0.25) is 0 Å². The Bertz CT molecular complexity index is 981. The first kappa shape index (κ1) is 19.2. The zero-order valence-corrected chi connectivity index (χ0v) is 17.8. The summed E-state index contributed by atoms with van der Waals surface area (Å²) < 4.78 is 2.51. The van der Waals surface area contributed by atoms with E-state index in [0.29, 0.717) is 6.04 Å². The van der Waals surface area contributed by atoms with Gasteiger partial charge in [0.05, 0.1) is 17.8 Å². The number of aromatic nitrogens is 3. The van der Waals surface area contributed by atoms with E-state index in [2.05, 4.69) is 67.3 Å². The summed E-state index contributed by atoms with van der Waals surface area (Å²) in [5, 5.41) is 4.36. The smallest absolute Gasteiger partial charge is 0.170 e. The van der Waals surface area contributed by atoms with Gasteiger partial charge in [-0.05, 0) is 67.0 Å². The van der Waals surface area contributed by atoms with Crippen LogP contribution in [0.25, 0.3) is 0 Å². The highest BCUT2D eigenvalue weighted by atomic mass is 32.1. The van der Waals surface area contributed by atoms with Gasteiger partial charge in [-0.15, -0.1) is 0 Å². The molecule has 0 aromatic carbocycles. The number of hydrogen-bond acceptors (Lipinski definition) is 3. The predicted octanol–water partition coefficient (Wildman–Crippen LogP) is 4.96. The third-order valence-corrected chi connectivity index (χ3v) is 6.74. The summed E-state index contributed by atoms with van der Waals surface area (Å²) in [7, 11) is 0. The first-order chi connectivity index (χ1) is 14.8. The Morgan fingerprint density at radius 2 is 1.80 bits per heavy atom. The molecule has 3 aromatic heterocycles. The first-order valence-electron chi connectivity index (χ1n) is 10.8. The molecule has 1 N–H and O–H groups in total. The van der Waals surface area contributed by atoms with E-state index in [0.717, 1.165) is 17.4 Å². The van der Waals surface area contributed by atoms with Crippen molar-refractivity contribution < 1.29 is 0 Å². The van der Waals surface area contributed by atoms with Crippen LogP contribution < -0.4 is 5.32 Å². The van der Waals surface area contributed by atoms with Gasteiger partial charge in [-0.25, -0.2) is 0 Å². The fourth-order valence-electron chi connectivity index (χ4n) is 4.93. The van der Waals surface area contributed by atoms with Crippen LogP contribution in [0.3, 0.4) is 0 Å². The monoisotopic (exact) mass is 417 g/mol. The van der Waals surface area contributed by atoms with E-state index in [9.17, 15) is 0 Å². The van der Waals surface area contributed by atoms with Crippen LogP contribution in [-0.2, 0) is 6.54 Å². The zero-order chi connectivity index (χ0) is 20.3. The van der Waals surface area contributed by atoms with Gasteiger partial charge in [-0.1, -0.05) is 25.3 Å². The fraction of sp³-hybridized carbons (Fsp3) is 0.375. The lowest BCUT2D eigenvalue weighted by molar-refractivity contribution is 0.275. The number of nitrogens with zero attached hydrogens (tertiary/aromatic N) is 4. The van der Waals surface area contributed by atoms with Gasteiger partial charge in [-0.3, -0.25) is 9.97 Å². The van der Waals surface area contributed by atoms with Crippen LogP contribution in [0.1, 0.15) is 67.2 Å². The quantitative estimate of drug-likeness (QED) is 0.595. The SMILES string of the molecule is S=C1N[C@H](c2ccccn2)[C@@H](c2cccn2C2CCCCC2)N1Cc1ccncc1. The van der Waals surface area contributed by atoms with Crippen LogP contribution in [0.4, 0.5) is 0 Å². The van der Waals surface area contributed by atoms with E-state index in [4.69, 9.17) is 12.2 Å². The molecule has 154 valence electrons. The molecule has 5 nitrogen and oxygen atoms in total. The molecule has 6 heteroatoms. The summed E-state index contributed by atoms with van der Waals surface area (Å²) in [5.74, 6) is 0. The molecule has 2 fully saturated rings. The first-order valence-corrected chi connectivity index (χ1v) is 11.3. The Balaban J connectivity index is 1.54. The minimum Gasteiger partial charge on any atom is -0.352 e. The number of nitrogens with one attached hydrogen (secondary N) is 1. The van der Waals surface area contributed by atoms with Crippen LogP contribution in [0.2, 0.25) is 0 Å². The van der Waals surface area contributed by atoms with Crippen molar-refractivity contribution >= 4 is 17.3 Å². The molecule has 1 aliphatic carbocycles. The van der Waals surface area contributed by atoms with Crippen molar-refractivity contribution in [1.82, 2.24) is 24.8 Å². The fourth-order valence-corrected chi connectivity index (χ4v) is 5.24. The summed E-state index contributed by atoms with van der Waals surface area (Å²) >= 11 is 5.83. The van der Waals surface area contributed by atoms with E-state index in [1.54, 1.807) is 0 Å². The van der Waals surface area contributed by atoms with Crippen molar-refractivity contribution in [3.05, 3.63) is 84.2 Å². The number of hydrogen-bond donors (Lipinski definition) is 1. The van der Waals surface area contributed by atoms with Crippen LogP contribution in [0.15, 0.2) is 67.3 Å². The highest BCUT2D eigenvalue weighted by Gasteiger charge is 2.41. The largest absolute Gasteiger partial charge is 0.352 e. The summed E-state index contributed by atoms with van der Waals surface area (Å²) in [4.78, 5) is 11.2. The van der Waals surface area contributed by atoms with E-state index in [-0.39, 0.29) is 12.1 Å². The highest BCUT2D eigenvalue weighted by molar-refractivity contribution is 7.80. The minimum atomic E-state index is 0.0257. The van der Waals surface area contributed by atoms with Crippen LogP contribution in [0.5, 0.6) is 0 Å². The van der Waals surface area contributed by atoms with E-state index in [1.165, 1.54) is 43.4 Å². The summed E-state index contributed by atoms with van der Waals surface area (Å²) in [6.45, 7) is 0.748. The Morgan fingerprint density at radius 1 is 0.967 bits per heavy atom. The molecule has 0 amide bonds. The maximum absolute atomic E-state index is 5.83. The van der Waals surface area contributed by atoms with E-state index in [1.807, 2.05) is 24.7 Å². The Labute approximate surface area is 183 Å². The maximum Gasteiger partial charge on any atom is 0.170 e. The Hall–Kier alpha value is -2.73. The van der Waals surface area contributed by atoms with Gasteiger partial charge in [0.15, 0.2) is 5.11 Å². The molecule has 2 atom stereocenters. The molecule has 2 aliphatic rings. The van der Waals surface area contributed by atoms with Crippen molar-refractivity contribution in [2.45, 2.75) is 56.8 Å². The molecule has 0 radical (unpaired) electrons. The third-order valence-electron chi connectivity index (χ3n) is 6.38. The minimum absolute atomic E-state index is 0.0257. The summed E-state index contributed by atoms with van der Waals surface area (Å²) in [6, 6.07) is 15.4. The van der Waals surface area contributed by atoms with Gasteiger partial charge < -0.3 is 14.8 Å². The second kappa shape index (κ2) is 8.56. The number of rotatable bonds is 5. The van der Waals surface area contributed by atoms with Crippen molar-refractivity contribution in [3.63, 3.8) is 0 Å². The molecule has 0 unspecified atom stereocenters. The highest BCUT2D eigenvalue weighted by Crippen LogP contribution is 2.41. The maximum atomic E-state index is 5.83. The zero-order valence-electron chi connectivity index (χ0n) is 17.0. The van der Waals surface area contributed by atoms with Gasteiger partial charge in [0, 0.05) is 43.1 Å². The molecule has 1 aliphatic heterocycles. The van der Waals surface area contributed by atoms with Crippen LogP contribution >= 0.6 is 12.2 Å². The molecular formula is C24H27N5S. The molecule has 5 rings (SSSR count). The van der Waals surface area contributed by atoms with Gasteiger partial charge in [0.25, 0.3) is 0 Å². The molecular weight excluding hydrogens is 390 g/mol. The predicted molar refractivity (Wildman–Crippen MR) is 122 cm³/mol. The molecule has 0 spiro atoms. The molecule has 1 saturated carbocycles. The topological polar surface area (TPSA) is 46.0 Å². The van der Waals surface area contributed by atoms with Gasteiger partial charge in [-0.2, -0.15) is 0 Å². The molecule has 3 aromatic rings. The van der Waals surface area contributed by atoms with Gasteiger partial charge >= 0.3 is 0 Å². The van der Waals surface area contributed by atoms with Crippen LogP contribution in [-0.4, -0.2) is 24.5 Å². The summed E-state index contributed by atoms with van der Waals surface area (Å²) in [5.41, 5.74) is 3.55. The molecule has 1 saturated heterocycles. The Kier molecular flexibility index (Phi) is 5.49. The van der Waals surface area contributed by atoms with Gasteiger partial charge in [0.1, 0.15) is 0 Å². The molecule has 4 heterocycles. The van der Waals surface area contributed by atoms with E-state index < -0.39 is 0 Å². The number of pyridine rings is 2. The third kappa shape index (κ3) is 3.72. The van der Waals surface area contributed by atoms with Crippen molar-refractivity contribution in [2.75, 3.05) is 0 Å². The van der Waals surface area contributed by atoms with Crippen molar-refractivity contribution in [3.8, 4) is 0 Å². The standard InChI is InChI=1S/C24H27N5S/c30-24-27-22(20-9-4-5-13-26-20)23(29(24)17-18-11-14-25-15-12-18)21-10-6-16-28(21)19-7-2-1-3-8-19/h4-6,9-16,19,22-23H,1-3,7-8,17H2,(H,27,30)/t22-,23-/m1/s1. The van der Waals surface area contributed by atoms with Crippen molar-refractivity contribution in [1.29, 1.82) is 0 Å². The summed E-state index contributed by atoms with van der Waals surface area (Å²) in [6.07, 6.45) is 14.3. The lowest BCUT2D eigenvalue weighted by Crippen LogP contribution is -2.30. The normalized spacial score (nSPS) is 22.3. The lowest BCUT2D eigenvalue weighted by Gasteiger charge is -2.32. The van der Waals surface area contributed by atoms with Crippen LogP contribution in [0, 0.1) is 0 Å². The lowest BCUT2D eigenvalue weighted by atomic mass is 9.94. The second-order valence-electron chi connectivity index (χ2n) is 8.24. The average Bonchev–Trinajstić information content (AvgIpc) is 3.40. The van der Waals surface area contributed by atoms with E-state index >= 15 is 0 Å². The molecule has 30 heavy (non-hydrogen) atoms.